The molecule has 2 amide bonds. The van der Waals surface area contributed by atoms with Crippen LogP contribution in [0.5, 0.6) is 5.75 Å². The van der Waals surface area contributed by atoms with Crippen molar-refractivity contribution in [2.45, 2.75) is 77.7 Å². The third-order valence-corrected chi connectivity index (χ3v) is 6.57. The molecule has 1 aliphatic heterocycles. The lowest BCUT2D eigenvalue weighted by Gasteiger charge is -2.37. The number of rotatable bonds is 9. The summed E-state index contributed by atoms with van der Waals surface area (Å²) in [6, 6.07) is 3.78. The van der Waals surface area contributed by atoms with Gasteiger partial charge < -0.3 is 33.3 Å². The fourth-order valence-electron chi connectivity index (χ4n) is 4.60. The van der Waals surface area contributed by atoms with Crippen molar-refractivity contribution in [1.29, 1.82) is 0 Å². The third-order valence-electron chi connectivity index (χ3n) is 6.57. The highest BCUT2D eigenvalue weighted by Gasteiger charge is 2.42. The molecule has 2 aromatic rings. The van der Waals surface area contributed by atoms with Crippen molar-refractivity contribution in [2.75, 3.05) is 40.0 Å². The Labute approximate surface area is 218 Å². The van der Waals surface area contributed by atoms with E-state index in [0.717, 1.165) is 35.9 Å². The number of ether oxygens (including phenoxy) is 4. The van der Waals surface area contributed by atoms with Crippen molar-refractivity contribution in [1.82, 2.24) is 15.0 Å². The molecule has 2 fully saturated rings. The molecule has 1 saturated heterocycles. The van der Waals surface area contributed by atoms with Gasteiger partial charge in [0.15, 0.2) is 11.7 Å². The van der Waals surface area contributed by atoms with E-state index < -0.39 is 17.8 Å². The lowest BCUT2D eigenvalue weighted by atomic mass is 10.0. The maximum Gasteiger partial charge on any atom is 0.410 e. The summed E-state index contributed by atoms with van der Waals surface area (Å²) in [6.07, 6.45) is 1.44. The number of aryl methyl sites for hydroxylation is 1. The van der Waals surface area contributed by atoms with Gasteiger partial charge in [0.1, 0.15) is 11.4 Å². The first-order valence-electron chi connectivity index (χ1n) is 13.0. The molecule has 1 saturated carbocycles. The predicted molar refractivity (Wildman–Crippen MR) is 137 cm³/mol. The molecule has 0 spiro atoms. The van der Waals surface area contributed by atoms with Gasteiger partial charge in [0.25, 0.3) is 5.91 Å². The Morgan fingerprint density at radius 2 is 2.00 bits per heavy atom. The van der Waals surface area contributed by atoms with Gasteiger partial charge in [-0.25, -0.2) is 4.79 Å². The number of amides is 2. The summed E-state index contributed by atoms with van der Waals surface area (Å²) in [7, 11) is 1.66. The van der Waals surface area contributed by atoms with E-state index in [1.807, 2.05) is 51.7 Å². The minimum Gasteiger partial charge on any atom is -0.493 e. The normalized spacial score (nSPS) is 19.1. The summed E-state index contributed by atoms with van der Waals surface area (Å²) in [5, 5.41) is 4.96. The summed E-state index contributed by atoms with van der Waals surface area (Å²) in [4.78, 5) is 29.9. The van der Waals surface area contributed by atoms with Crippen molar-refractivity contribution < 1.29 is 33.1 Å². The number of nitrogens with zero attached hydrogens (tertiary/aromatic N) is 3. The van der Waals surface area contributed by atoms with E-state index in [0.29, 0.717) is 31.1 Å². The number of carbonyl (C=O) groups excluding carboxylic acids is 2. The highest BCUT2D eigenvalue weighted by atomic mass is 16.6. The monoisotopic (exact) mass is 517 g/mol. The zero-order valence-corrected chi connectivity index (χ0v) is 22.7. The van der Waals surface area contributed by atoms with Crippen LogP contribution in [0.15, 0.2) is 16.7 Å². The molecule has 1 unspecified atom stereocenters. The van der Waals surface area contributed by atoms with Gasteiger partial charge in [-0.3, -0.25) is 4.79 Å². The van der Waals surface area contributed by atoms with E-state index in [4.69, 9.17) is 23.5 Å². The Morgan fingerprint density at radius 3 is 2.68 bits per heavy atom. The summed E-state index contributed by atoms with van der Waals surface area (Å²) < 4.78 is 28.2. The largest absolute Gasteiger partial charge is 0.493 e. The minimum absolute atomic E-state index is 0.125. The maximum absolute atomic E-state index is 13.8. The average Bonchev–Trinajstić information content (AvgIpc) is 3.62. The van der Waals surface area contributed by atoms with Crippen molar-refractivity contribution in [3.8, 4) is 5.75 Å². The summed E-state index contributed by atoms with van der Waals surface area (Å²) in [5.41, 5.74) is 1.66. The number of hydrogen-bond donors (Lipinski definition) is 0. The second-order valence-electron chi connectivity index (χ2n) is 10.8. The Morgan fingerprint density at radius 1 is 1.24 bits per heavy atom. The zero-order valence-electron chi connectivity index (χ0n) is 22.7. The second kappa shape index (κ2) is 11.3. The molecule has 1 aliphatic carbocycles. The van der Waals surface area contributed by atoms with Gasteiger partial charge in [0.05, 0.1) is 36.9 Å². The van der Waals surface area contributed by atoms with Crippen LogP contribution in [-0.2, 0) is 19.0 Å². The van der Waals surface area contributed by atoms with Gasteiger partial charge in [-0.15, -0.1) is 0 Å². The molecule has 10 heteroatoms. The lowest BCUT2D eigenvalue weighted by Crippen LogP contribution is -2.54. The topological polar surface area (TPSA) is 104 Å². The lowest BCUT2D eigenvalue weighted by molar-refractivity contribution is -0.151. The molecule has 1 aromatic heterocycles. The van der Waals surface area contributed by atoms with E-state index in [1.165, 1.54) is 0 Å². The molecule has 37 heavy (non-hydrogen) atoms. The maximum atomic E-state index is 13.8. The van der Waals surface area contributed by atoms with Gasteiger partial charge in [0.2, 0.25) is 0 Å². The number of hydrogen-bond acceptors (Lipinski definition) is 8. The van der Waals surface area contributed by atoms with E-state index in [9.17, 15) is 9.59 Å². The van der Waals surface area contributed by atoms with Crippen molar-refractivity contribution in [3.05, 3.63) is 23.4 Å². The number of morpholine rings is 1. The smallest absolute Gasteiger partial charge is 0.410 e. The first-order chi connectivity index (χ1) is 17.6. The predicted octanol–water partition coefficient (Wildman–Crippen LogP) is 4.24. The van der Waals surface area contributed by atoms with Crippen molar-refractivity contribution in [2.24, 2.45) is 0 Å². The van der Waals surface area contributed by atoms with Crippen LogP contribution in [0.4, 0.5) is 4.79 Å². The van der Waals surface area contributed by atoms with Crippen LogP contribution in [0.1, 0.15) is 64.3 Å². The number of aromatic nitrogens is 1. The number of methoxy groups -OCH3 is 1. The molecule has 2 heterocycles. The number of fused-ring (bicyclic) bond motifs is 1. The summed E-state index contributed by atoms with van der Waals surface area (Å²) in [5.74, 6) is 0.557. The van der Waals surface area contributed by atoms with E-state index in [1.54, 1.807) is 12.0 Å². The van der Waals surface area contributed by atoms with Gasteiger partial charge in [-0.05, 0) is 65.2 Å². The van der Waals surface area contributed by atoms with Crippen molar-refractivity contribution >= 4 is 23.0 Å². The van der Waals surface area contributed by atoms with E-state index >= 15 is 0 Å². The molecule has 2 atom stereocenters. The first kappa shape index (κ1) is 27.2. The Balaban J connectivity index is 1.54. The highest BCUT2D eigenvalue weighted by molar-refractivity contribution is 5.87. The van der Waals surface area contributed by atoms with Crippen LogP contribution < -0.4 is 4.74 Å². The van der Waals surface area contributed by atoms with Gasteiger partial charge >= 0.3 is 6.09 Å². The van der Waals surface area contributed by atoms with Crippen LogP contribution in [0.2, 0.25) is 0 Å². The fraction of sp³-hybridized carbons (Fsp3) is 0.667. The highest BCUT2D eigenvalue weighted by Crippen LogP contribution is 2.39. The minimum atomic E-state index is -0.745. The Hall–Kier alpha value is -2.85. The first-order valence-corrected chi connectivity index (χ1v) is 13.0. The summed E-state index contributed by atoms with van der Waals surface area (Å²) >= 11 is 0. The van der Waals surface area contributed by atoms with Gasteiger partial charge in [-0.1, -0.05) is 5.16 Å². The van der Waals surface area contributed by atoms with Crippen LogP contribution in [0.25, 0.3) is 11.0 Å². The molecule has 204 valence electrons. The number of benzene rings is 1. The molecular weight excluding hydrogens is 478 g/mol. The van der Waals surface area contributed by atoms with E-state index in [2.05, 4.69) is 5.16 Å². The molecule has 2 aliphatic rings. The number of carbonyl (C=O) groups is 2. The standard InChI is InChI=1S/C27H39N3O7/c1-17-24-21(34-12-7-11-33-6)14-19(15-22(24)37-28-17)18(2)30(20-8-9-20)25(31)23-16-29(10-13-35-23)26(32)36-27(3,4)5/h14-15,18,20,23H,7-13,16H2,1-6H3/t18?,23-/m1/s1. The van der Waals surface area contributed by atoms with Crippen LogP contribution in [0, 0.1) is 6.92 Å². The van der Waals surface area contributed by atoms with Gasteiger partial charge in [-0.2, -0.15) is 0 Å². The molecule has 10 nitrogen and oxygen atoms in total. The molecule has 0 radical (unpaired) electrons. The fourth-order valence-corrected chi connectivity index (χ4v) is 4.60. The van der Waals surface area contributed by atoms with Crippen LogP contribution >= 0.6 is 0 Å². The quantitative estimate of drug-likeness (QED) is 0.455. The molecule has 0 N–H and O–H groups in total. The third kappa shape index (κ3) is 6.54. The van der Waals surface area contributed by atoms with Crippen molar-refractivity contribution in [3.63, 3.8) is 0 Å². The molecular formula is C27H39N3O7. The zero-order chi connectivity index (χ0) is 26.7. The summed E-state index contributed by atoms with van der Waals surface area (Å²) in [6.45, 7) is 11.3. The average molecular weight is 518 g/mol. The Bertz CT molecular complexity index is 1110. The molecule has 1 aromatic carbocycles. The Kier molecular flexibility index (Phi) is 8.28. The van der Waals surface area contributed by atoms with Gasteiger partial charge in [0, 0.05) is 32.7 Å². The SMILES string of the molecule is COCCCOc1cc(C(C)N(C(=O)[C@H]2CN(C(=O)OC(C)(C)C)CCO2)C2CC2)cc2onc(C)c12. The molecule has 0 bridgehead atoms. The second-order valence-corrected chi connectivity index (χ2v) is 10.8. The molecule has 4 rings (SSSR count). The van der Waals surface area contributed by atoms with Crippen LogP contribution in [0.3, 0.4) is 0 Å². The van der Waals surface area contributed by atoms with E-state index in [-0.39, 0.29) is 31.1 Å². The van der Waals surface area contributed by atoms with Crippen LogP contribution in [-0.4, -0.2) is 84.7 Å².